The summed E-state index contributed by atoms with van der Waals surface area (Å²) in [5, 5.41) is 6.70. The summed E-state index contributed by atoms with van der Waals surface area (Å²) in [6.45, 7) is 2.49. The van der Waals surface area contributed by atoms with Gasteiger partial charge in [0.05, 0.1) is 11.6 Å². The van der Waals surface area contributed by atoms with Crippen molar-refractivity contribution < 1.29 is 14.4 Å². The second-order valence-electron chi connectivity index (χ2n) is 10.2. The van der Waals surface area contributed by atoms with Crippen LogP contribution < -0.4 is 10.6 Å². The number of carbonyl (C=O) groups excluding carboxylic acids is 3. The summed E-state index contributed by atoms with van der Waals surface area (Å²) >= 11 is 6.47. The fraction of sp³-hybridized carbons (Fsp3) is 0.276. The highest BCUT2D eigenvalue weighted by Crippen LogP contribution is 2.68. The number of nitrogens with zero attached hydrogens (tertiary/aromatic N) is 1. The lowest BCUT2D eigenvalue weighted by atomic mass is 9.57. The minimum absolute atomic E-state index is 0.108. The fourth-order valence-corrected chi connectivity index (χ4v) is 7.71. The van der Waals surface area contributed by atoms with Gasteiger partial charge in [-0.25, -0.2) is 0 Å². The Morgan fingerprint density at radius 2 is 1.69 bits per heavy atom. The molecule has 7 rings (SSSR count). The highest BCUT2D eigenvalue weighted by Gasteiger charge is 2.81. The van der Waals surface area contributed by atoms with E-state index in [2.05, 4.69) is 15.5 Å². The van der Waals surface area contributed by atoms with Gasteiger partial charge in [0.25, 0.3) is 5.91 Å². The molecule has 2 fully saturated rings. The summed E-state index contributed by atoms with van der Waals surface area (Å²) in [6.07, 6.45) is 1.58. The number of nitrogens with one attached hydrogen (secondary N) is 2. The summed E-state index contributed by atoms with van der Waals surface area (Å²) in [5.41, 5.74) is 1.22. The van der Waals surface area contributed by atoms with Gasteiger partial charge in [0.2, 0.25) is 5.91 Å². The van der Waals surface area contributed by atoms with Crippen molar-refractivity contribution in [3.05, 3.63) is 94.0 Å². The van der Waals surface area contributed by atoms with Crippen LogP contribution in [0.4, 0.5) is 11.4 Å². The summed E-state index contributed by atoms with van der Waals surface area (Å²) in [4.78, 5) is 45.4. The van der Waals surface area contributed by atoms with Gasteiger partial charge in [-0.3, -0.25) is 19.3 Å². The smallest absolute Gasteiger partial charge is 0.251 e. The van der Waals surface area contributed by atoms with Crippen molar-refractivity contribution in [2.45, 2.75) is 36.8 Å². The monoisotopic (exact) mass is 497 g/mol. The minimum atomic E-state index is -1.43. The molecule has 4 atom stereocenters. The average molecular weight is 498 g/mol. The predicted octanol–water partition coefficient (Wildman–Crippen LogP) is 4.66. The van der Waals surface area contributed by atoms with E-state index >= 15 is 0 Å². The largest absolute Gasteiger partial charge is 0.325 e. The Hall–Kier alpha value is -3.48. The zero-order chi connectivity index (χ0) is 24.8. The summed E-state index contributed by atoms with van der Waals surface area (Å²) in [7, 11) is 0. The molecule has 180 valence electrons. The van der Waals surface area contributed by atoms with Crippen LogP contribution in [-0.2, 0) is 20.5 Å². The molecule has 7 heteroatoms. The van der Waals surface area contributed by atoms with Gasteiger partial charge in [-0.05, 0) is 49.6 Å². The number of para-hydroxylation sites is 1. The number of hydrogen-bond acceptors (Lipinski definition) is 4. The number of amides is 2. The molecule has 0 aromatic heterocycles. The maximum Gasteiger partial charge on any atom is 0.251 e. The molecule has 0 saturated carbocycles. The third-order valence-electron chi connectivity index (χ3n) is 8.81. The van der Waals surface area contributed by atoms with Gasteiger partial charge >= 0.3 is 0 Å². The lowest BCUT2D eigenvalue weighted by Gasteiger charge is -2.43. The number of halogens is 1. The number of carbonyl (C=O) groups is 3. The van der Waals surface area contributed by atoms with Gasteiger partial charge in [-0.15, -0.1) is 0 Å². The van der Waals surface area contributed by atoms with Gasteiger partial charge < -0.3 is 10.6 Å². The molecular formula is C29H24ClN3O3. The van der Waals surface area contributed by atoms with Crippen molar-refractivity contribution in [1.29, 1.82) is 0 Å². The van der Waals surface area contributed by atoms with Crippen LogP contribution in [0.1, 0.15) is 39.9 Å². The van der Waals surface area contributed by atoms with Gasteiger partial charge in [0.1, 0.15) is 11.0 Å². The zero-order valence-corrected chi connectivity index (χ0v) is 20.4. The number of fused-ring (bicyclic) bond motifs is 7. The highest BCUT2D eigenvalue weighted by molar-refractivity contribution is 6.32. The maximum atomic E-state index is 14.4. The van der Waals surface area contributed by atoms with Crippen molar-refractivity contribution in [3.8, 4) is 0 Å². The Balaban J connectivity index is 1.61. The normalized spacial score (nSPS) is 29.8. The van der Waals surface area contributed by atoms with E-state index in [1.54, 1.807) is 18.2 Å². The van der Waals surface area contributed by atoms with E-state index in [0.717, 1.165) is 24.0 Å². The molecule has 4 heterocycles. The Labute approximate surface area is 213 Å². The first-order chi connectivity index (χ1) is 17.4. The van der Waals surface area contributed by atoms with Gasteiger partial charge in [0.15, 0.2) is 5.78 Å². The number of anilines is 2. The molecule has 6 nitrogen and oxygen atoms in total. The first-order valence-electron chi connectivity index (χ1n) is 12.3. The van der Waals surface area contributed by atoms with Crippen LogP contribution in [-0.4, -0.2) is 35.1 Å². The molecule has 2 N–H and O–H groups in total. The minimum Gasteiger partial charge on any atom is -0.325 e. The summed E-state index contributed by atoms with van der Waals surface area (Å²) < 4.78 is 0. The van der Waals surface area contributed by atoms with Crippen molar-refractivity contribution in [3.63, 3.8) is 0 Å². The molecule has 3 aromatic rings. The standard InChI is InChI=1S/C29H24ClN3O3/c1-16-20(30)14-13-19-24(16)32-27(36)29(19)28(18-10-5-6-11-21(18)31-26(28)35)23(22-12-7-15-33(22)29)25(34)17-8-3-2-4-9-17/h2-6,8-11,13-14,22-23H,7,12,15H2,1H3,(H,31,35)(H,32,36). The van der Waals surface area contributed by atoms with E-state index in [1.165, 1.54) is 0 Å². The number of benzene rings is 3. The molecule has 4 unspecified atom stereocenters. The van der Waals surface area contributed by atoms with Gasteiger partial charge in [0, 0.05) is 27.9 Å². The molecule has 4 aliphatic rings. The molecular weight excluding hydrogens is 474 g/mol. The molecule has 0 aliphatic carbocycles. The van der Waals surface area contributed by atoms with Crippen LogP contribution >= 0.6 is 11.6 Å². The van der Waals surface area contributed by atoms with Gasteiger partial charge in [-0.1, -0.05) is 66.2 Å². The average Bonchev–Trinajstić information content (AvgIpc) is 3.61. The predicted molar refractivity (Wildman–Crippen MR) is 137 cm³/mol. The van der Waals surface area contributed by atoms with Crippen LogP contribution in [0.15, 0.2) is 66.7 Å². The molecule has 2 spiro atoms. The lowest BCUT2D eigenvalue weighted by molar-refractivity contribution is -0.137. The lowest BCUT2D eigenvalue weighted by Crippen LogP contribution is -2.62. The topological polar surface area (TPSA) is 78.5 Å². The van der Waals surface area contributed by atoms with E-state index in [-0.39, 0.29) is 23.6 Å². The van der Waals surface area contributed by atoms with Crippen LogP contribution in [0.2, 0.25) is 5.02 Å². The molecule has 4 aliphatic heterocycles. The first-order valence-corrected chi connectivity index (χ1v) is 12.7. The maximum absolute atomic E-state index is 14.4. The third-order valence-corrected chi connectivity index (χ3v) is 9.22. The van der Waals surface area contributed by atoms with Crippen LogP contribution in [0.3, 0.4) is 0 Å². The first kappa shape index (κ1) is 21.8. The quantitative estimate of drug-likeness (QED) is 0.505. The molecule has 2 saturated heterocycles. The van der Waals surface area contributed by atoms with Crippen molar-refractivity contribution in [2.24, 2.45) is 5.92 Å². The summed E-state index contributed by atoms with van der Waals surface area (Å²) in [6, 6.07) is 20.0. The molecule has 36 heavy (non-hydrogen) atoms. The van der Waals surface area contributed by atoms with Crippen LogP contribution in [0.25, 0.3) is 0 Å². The number of Topliss-reactive ketones (excluding diaryl/α,β-unsaturated/α-hetero) is 1. The van der Waals surface area contributed by atoms with Crippen LogP contribution in [0, 0.1) is 12.8 Å². The zero-order valence-electron chi connectivity index (χ0n) is 19.7. The van der Waals surface area contributed by atoms with Crippen molar-refractivity contribution in [2.75, 3.05) is 17.2 Å². The van der Waals surface area contributed by atoms with Crippen LogP contribution in [0.5, 0.6) is 0 Å². The molecule has 0 bridgehead atoms. The molecule has 2 amide bonds. The molecule has 0 radical (unpaired) electrons. The molecule has 3 aromatic carbocycles. The second-order valence-corrected chi connectivity index (χ2v) is 10.6. The number of hydrogen-bond donors (Lipinski definition) is 2. The number of ketones is 1. The highest BCUT2D eigenvalue weighted by atomic mass is 35.5. The van der Waals surface area contributed by atoms with E-state index in [4.69, 9.17) is 11.6 Å². The Bertz CT molecular complexity index is 1490. The van der Waals surface area contributed by atoms with Gasteiger partial charge in [-0.2, -0.15) is 0 Å². The Morgan fingerprint density at radius 3 is 2.50 bits per heavy atom. The van der Waals surface area contributed by atoms with E-state index < -0.39 is 16.9 Å². The Morgan fingerprint density at radius 1 is 0.944 bits per heavy atom. The van der Waals surface area contributed by atoms with E-state index in [0.29, 0.717) is 34.1 Å². The third kappa shape index (κ3) is 2.30. The van der Waals surface area contributed by atoms with Crippen molar-refractivity contribution >= 4 is 40.6 Å². The fourth-order valence-electron chi connectivity index (χ4n) is 7.55. The number of rotatable bonds is 2. The SMILES string of the molecule is Cc1c(Cl)ccc2c1NC(=O)C21N2CCCC2C(C(=O)c2ccccc2)C12C(=O)Nc1ccccc12. The van der Waals surface area contributed by atoms with E-state index in [9.17, 15) is 14.4 Å². The van der Waals surface area contributed by atoms with Crippen molar-refractivity contribution in [1.82, 2.24) is 4.90 Å². The summed E-state index contributed by atoms with van der Waals surface area (Å²) in [5.74, 6) is -1.42. The Kier molecular flexibility index (Phi) is 4.40. The second kappa shape index (κ2) is 7.28. The van der Waals surface area contributed by atoms with E-state index in [1.807, 2.05) is 55.5 Å².